The molecular formula is C52H47N3P2. The molecule has 0 radical (unpaired) electrons. The van der Waals surface area contributed by atoms with Crippen molar-refractivity contribution in [1.29, 1.82) is 0 Å². The Hall–Kier alpha value is -5.82. The van der Waals surface area contributed by atoms with E-state index >= 15 is 0 Å². The lowest BCUT2D eigenvalue weighted by Gasteiger charge is -2.29. The predicted octanol–water partition coefficient (Wildman–Crippen LogP) is 11.7. The Morgan fingerprint density at radius 3 is 0.754 bits per heavy atom. The highest BCUT2D eigenvalue weighted by molar-refractivity contribution is 7.88. The minimum atomic E-state index is -2.47. The molecule has 8 aromatic carbocycles. The van der Waals surface area contributed by atoms with E-state index in [1.807, 2.05) is 0 Å². The summed E-state index contributed by atoms with van der Waals surface area (Å²) in [6, 6.07) is 82.3. The SMILES string of the molecule is CC(N[C@@H](C)c1ccccc1N=P(c1ccccc1)(c1ccccc1)c1ccccc1)c1ccccc1N=P(c1ccccc1)(c1ccccc1)c1ccccc1. The Bertz CT molecular complexity index is 2240. The first kappa shape index (κ1) is 38.1. The zero-order chi connectivity index (χ0) is 38.9. The van der Waals surface area contributed by atoms with Crippen LogP contribution in [0, 0.1) is 0 Å². The van der Waals surface area contributed by atoms with Gasteiger partial charge in [-0.05, 0) is 37.1 Å². The smallest absolute Gasteiger partial charge is 0.0672 e. The molecule has 8 rings (SSSR count). The highest BCUT2D eigenvalue weighted by Crippen LogP contribution is 2.52. The van der Waals surface area contributed by atoms with Gasteiger partial charge in [-0.3, -0.25) is 9.49 Å². The van der Waals surface area contributed by atoms with E-state index in [0.29, 0.717) is 0 Å². The highest BCUT2D eigenvalue weighted by atomic mass is 31.2. The molecule has 280 valence electrons. The molecule has 2 atom stereocenters. The van der Waals surface area contributed by atoms with Crippen LogP contribution in [0.15, 0.2) is 240 Å². The summed E-state index contributed by atoms with van der Waals surface area (Å²) >= 11 is 0. The summed E-state index contributed by atoms with van der Waals surface area (Å²) in [6.45, 7) is 4.51. The molecule has 0 saturated carbocycles. The second-order valence-corrected chi connectivity index (χ2v) is 20.3. The van der Waals surface area contributed by atoms with E-state index in [2.05, 4.69) is 250 Å². The molecule has 0 fully saturated rings. The Morgan fingerprint density at radius 2 is 0.509 bits per heavy atom. The largest absolute Gasteiger partial charge is 0.303 e. The third-order valence-electron chi connectivity index (χ3n) is 10.6. The third kappa shape index (κ3) is 7.80. The normalized spacial score (nSPS) is 12.7. The van der Waals surface area contributed by atoms with E-state index < -0.39 is 14.1 Å². The highest BCUT2D eigenvalue weighted by Gasteiger charge is 2.30. The zero-order valence-corrected chi connectivity index (χ0v) is 34.2. The first-order valence-electron chi connectivity index (χ1n) is 19.6. The summed E-state index contributed by atoms with van der Waals surface area (Å²) in [6.07, 6.45) is 0. The molecule has 0 aromatic heterocycles. The first-order valence-corrected chi connectivity index (χ1v) is 23.1. The van der Waals surface area contributed by atoms with Crippen molar-refractivity contribution < 1.29 is 0 Å². The fourth-order valence-electron chi connectivity index (χ4n) is 7.87. The van der Waals surface area contributed by atoms with Crippen molar-refractivity contribution in [2.24, 2.45) is 9.49 Å². The van der Waals surface area contributed by atoms with Gasteiger partial charge in [0.05, 0.1) is 25.5 Å². The van der Waals surface area contributed by atoms with E-state index in [0.717, 1.165) is 22.5 Å². The number of nitrogens with one attached hydrogen (secondary N) is 1. The van der Waals surface area contributed by atoms with Gasteiger partial charge >= 0.3 is 0 Å². The zero-order valence-electron chi connectivity index (χ0n) is 32.4. The Morgan fingerprint density at radius 1 is 0.298 bits per heavy atom. The van der Waals surface area contributed by atoms with Crippen LogP contribution in [-0.2, 0) is 0 Å². The fourth-order valence-corrected chi connectivity index (χ4v) is 15.0. The lowest BCUT2D eigenvalue weighted by molar-refractivity contribution is 0.496. The molecule has 0 aliphatic carbocycles. The molecule has 1 unspecified atom stereocenters. The number of nitrogens with zero attached hydrogens (tertiary/aromatic N) is 2. The fraction of sp³-hybridized carbons (Fsp3) is 0.0769. The number of hydrogen-bond acceptors (Lipinski definition) is 3. The molecule has 0 amide bonds. The monoisotopic (exact) mass is 775 g/mol. The number of rotatable bonds is 12. The Balaban J connectivity index is 1.25. The molecule has 0 heterocycles. The molecule has 5 heteroatoms. The van der Waals surface area contributed by atoms with Crippen molar-refractivity contribution in [2.45, 2.75) is 25.9 Å². The van der Waals surface area contributed by atoms with Gasteiger partial charge < -0.3 is 5.32 Å². The molecule has 1 N–H and O–H groups in total. The van der Waals surface area contributed by atoms with Gasteiger partial charge in [0.25, 0.3) is 0 Å². The second-order valence-electron chi connectivity index (χ2n) is 14.2. The molecule has 0 bridgehead atoms. The maximum Gasteiger partial charge on any atom is 0.0672 e. The van der Waals surface area contributed by atoms with Crippen molar-refractivity contribution in [3.63, 3.8) is 0 Å². The summed E-state index contributed by atoms with van der Waals surface area (Å²) in [5.74, 6) is 0. The molecule has 8 aromatic rings. The number of benzene rings is 8. The van der Waals surface area contributed by atoms with Gasteiger partial charge in [0, 0.05) is 43.9 Å². The molecule has 0 spiro atoms. The standard InChI is InChI=1S/C52H47N3P2/c1-41(49-37-21-23-39-51(49)54-56(43-25-9-3-10-26-43,44-27-11-4-12-28-44)45-29-13-5-14-30-45)53-42(2)50-38-22-24-40-52(50)55-57(46-31-15-6-16-32-46,47-33-17-7-18-34-47)48-35-19-8-20-36-48/h3-42,53H,1-2H3/t41-,42?/m0/s1. The van der Waals surface area contributed by atoms with Crippen LogP contribution in [-0.4, -0.2) is 0 Å². The van der Waals surface area contributed by atoms with Crippen LogP contribution in [0.2, 0.25) is 0 Å². The number of hydrogen-bond donors (Lipinski definition) is 1. The molecule has 0 saturated heterocycles. The van der Waals surface area contributed by atoms with Gasteiger partial charge in [-0.15, -0.1) is 0 Å². The lowest BCUT2D eigenvalue weighted by atomic mass is 10.0. The van der Waals surface area contributed by atoms with Crippen molar-refractivity contribution in [3.8, 4) is 0 Å². The maximum absolute atomic E-state index is 5.93. The summed E-state index contributed by atoms with van der Waals surface area (Å²) < 4.78 is 11.9. The summed E-state index contributed by atoms with van der Waals surface area (Å²) in [4.78, 5) is 0. The molecule has 57 heavy (non-hydrogen) atoms. The van der Waals surface area contributed by atoms with Crippen LogP contribution < -0.4 is 37.1 Å². The summed E-state index contributed by atoms with van der Waals surface area (Å²) in [7, 11) is -4.93. The molecular weight excluding hydrogens is 729 g/mol. The minimum Gasteiger partial charge on any atom is -0.303 e. The van der Waals surface area contributed by atoms with E-state index in [4.69, 9.17) is 9.49 Å². The van der Waals surface area contributed by atoms with Crippen LogP contribution in [0.4, 0.5) is 11.4 Å². The Labute approximate surface area is 338 Å². The first-order chi connectivity index (χ1) is 28.1. The quantitative estimate of drug-likeness (QED) is 0.123. The van der Waals surface area contributed by atoms with Gasteiger partial charge in [0.1, 0.15) is 0 Å². The van der Waals surface area contributed by atoms with Crippen LogP contribution in [0.1, 0.15) is 37.1 Å². The Kier molecular flexibility index (Phi) is 11.7. The lowest BCUT2D eigenvalue weighted by Crippen LogP contribution is -2.26. The van der Waals surface area contributed by atoms with E-state index in [9.17, 15) is 0 Å². The summed E-state index contributed by atoms with van der Waals surface area (Å²) in [5.41, 5.74) is 4.31. The van der Waals surface area contributed by atoms with Crippen LogP contribution in [0.5, 0.6) is 0 Å². The van der Waals surface area contributed by atoms with E-state index in [1.165, 1.54) is 31.8 Å². The van der Waals surface area contributed by atoms with Crippen LogP contribution in [0.3, 0.4) is 0 Å². The second kappa shape index (κ2) is 17.5. The average Bonchev–Trinajstić information content (AvgIpc) is 3.29. The van der Waals surface area contributed by atoms with Gasteiger partial charge in [-0.25, -0.2) is 0 Å². The van der Waals surface area contributed by atoms with Crippen molar-refractivity contribution in [3.05, 3.63) is 242 Å². The predicted molar refractivity (Wildman–Crippen MR) is 247 cm³/mol. The summed E-state index contributed by atoms with van der Waals surface area (Å²) in [5, 5.41) is 11.4. The van der Waals surface area contributed by atoms with Crippen molar-refractivity contribution >= 4 is 57.3 Å². The third-order valence-corrected chi connectivity index (χ3v) is 17.9. The van der Waals surface area contributed by atoms with Gasteiger partial charge in [-0.2, -0.15) is 0 Å². The topological polar surface area (TPSA) is 36.8 Å². The maximum atomic E-state index is 5.93. The van der Waals surface area contributed by atoms with E-state index in [1.54, 1.807) is 0 Å². The molecule has 0 aliphatic rings. The van der Waals surface area contributed by atoms with Crippen LogP contribution >= 0.6 is 14.1 Å². The van der Waals surface area contributed by atoms with Gasteiger partial charge in [0.15, 0.2) is 0 Å². The van der Waals surface area contributed by atoms with Gasteiger partial charge in [0.2, 0.25) is 0 Å². The van der Waals surface area contributed by atoms with Crippen molar-refractivity contribution in [1.82, 2.24) is 5.32 Å². The van der Waals surface area contributed by atoms with E-state index in [-0.39, 0.29) is 12.1 Å². The van der Waals surface area contributed by atoms with Gasteiger partial charge in [-0.1, -0.05) is 218 Å². The minimum absolute atomic E-state index is 0.0193. The average molecular weight is 776 g/mol. The molecule has 3 nitrogen and oxygen atoms in total. The van der Waals surface area contributed by atoms with Crippen LogP contribution in [0.25, 0.3) is 0 Å². The van der Waals surface area contributed by atoms with Crippen molar-refractivity contribution in [2.75, 3.05) is 0 Å². The molecule has 0 aliphatic heterocycles.